The van der Waals surface area contributed by atoms with E-state index in [9.17, 15) is 4.39 Å². The molecule has 4 heteroatoms. The summed E-state index contributed by atoms with van der Waals surface area (Å²) in [6.45, 7) is 6.04. The number of benzene rings is 1. The molecule has 0 amide bonds. The molecule has 0 aliphatic carbocycles. The van der Waals surface area contributed by atoms with Gasteiger partial charge in [0.25, 0.3) is 0 Å². The maximum absolute atomic E-state index is 12.8. The van der Waals surface area contributed by atoms with Crippen LogP contribution >= 0.6 is 11.6 Å². The fraction of sp³-hybridized carbons (Fsp3) is 0.500. The molecule has 0 aliphatic rings. The van der Waals surface area contributed by atoms with Crippen LogP contribution in [-0.4, -0.2) is 19.3 Å². The van der Waals surface area contributed by atoms with Crippen LogP contribution in [0.25, 0.3) is 0 Å². The molecule has 0 fully saturated rings. The first-order valence-corrected chi connectivity index (χ1v) is 5.73. The van der Waals surface area contributed by atoms with Crippen molar-refractivity contribution in [2.24, 2.45) is 0 Å². The first-order valence-electron chi connectivity index (χ1n) is 5.36. The molecule has 0 spiro atoms. The Morgan fingerprint density at radius 1 is 1.44 bits per heavy atom. The van der Waals surface area contributed by atoms with Crippen molar-refractivity contribution in [1.29, 1.82) is 0 Å². The van der Waals surface area contributed by atoms with Crippen LogP contribution in [0.3, 0.4) is 0 Å². The lowest BCUT2D eigenvalue weighted by atomic mass is 10.2. The minimum atomic E-state index is -0.308. The van der Waals surface area contributed by atoms with Gasteiger partial charge < -0.3 is 10.1 Å². The van der Waals surface area contributed by atoms with Gasteiger partial charge in [0.1, 0.15) is 5.82 Å². The summed E-state index contributed by atoms with van der Waals surface area (Å²) in [5, 5.41) is 3.64. The molecule has 1 aromatic rings. The third-order valence-corrected chi connectivity index (χ3v) is 2.41. The molecule has 1 N–H and O–H groups in total. The maximum atomic E-state index is 12.8. The van der Waals surface area contributed by atoms with Gasteiger partial charge in [-0.25, -0.2) is 4.39 Å². The average molecular weight is 246 g/mol. The van der Waals surface area contributed by atoms with Crippen LogP contribution in [0.5, 0.6) is 0 Å². The molecule has 0 atom stereocenters. The molecule has 0 saturated heterocycles. The lowest BCUT2D eigenvalue weighted by molar-refractivity contribution is 0.0807. The Labute approximate surface area is 101 Å². The van der Waals surface area contributed by atoms with Crippen molar-refractivity contribution in [3.05, 3.63) is 34.6 Å². The normalized spacial score (nSPS) is 11.1. The van der Waals surface area contributed by atoms with Crippen LogP contribution in [0.4, 0.5) is 4.39 Å². The highest BCUT2D eigenvalue weighted by molar-refractivity contribution is 6.31. The first kappa shape index (κ1) is 13.4. The number of nitrogens with one attached hydrogen (secondary N) is 1. The fourth-order valence-electron chi connectivity index (χ4n) is 1.25. The first-order chi connectivity index (χ1) is 7.59. The van der Waals surface area contributed by atoms with Gasteiger partial charge in [-0.15, -0.1) is 0 Å². The van der Waals surface area contributed by atoms with E-state index in [1.807, 2.05) is 13.8 Å². The third-order valence-electron chi connectivity index (χ3n) is 2.06. The number of rotatable bonds is 6. The van der Waals surface area contributed by atoms with Crippen LogP contribution in [0.15, 0.2) is 18.2 Å². The predicted molar refractivity (Wildman–Crippen MR) is 64.2 cm³/mol. The molecule has 2 nitrogen and oxygen atoms in total. The second-order valence-electron chi connectivity index (χ2n) is 3.83. The van der Waals surface area contributed by atoms with Crippen molar-refractivity contribution in [2.75, 3.05) is 13.2 Å². The zero-order valence-corrected chi connectivity index (χ0v) is 10.4. The Bertz CT molecular complexity index is 331. The molecule has 0 saturated carbocycles. The number of halogens is 2. The number of hydrogen-bond acceptors (Lipinski definition) is 2. The molecule has 0 aromatic heterocycles. The molecule has 0 aliphatic heterocycles. The molecule has 1 rings (SSSR count). The smallest absolute Gasteiger partial charge is 0.124 e. The van der Waals surface area contributed by atoms with Gasteiger partial charge in [0.05, 0.1) is 12.7 Å². The molecular weight excluding hydrogens is 229 g/mol. The summed E-state index contributed by atoms with van der Waals surface area (Å²) in [6.07, 6.45) is 0.246. The van der Waals surface area contributed by atoms with Gasteiger partial charge in [-0.05, 0) is 31.5 Å². The van der Waals surface area contributed by atoms with Crippen LogP contribution in [-0.2, 0) is 11.3 Å². The summed E-state index contributed by atoms with van der Waals surface area (Å²) in [5.41, 5.74) is 0.896. The summed E-state index contributed by atoms with van der Waals surface area (Å²) in [6, 6.07) is 4.42. The van der Waals surface area contributed by atoms with Crippen molar-refractivity contribution < 1.29 is 9.13 Å². The SMILES string of the molecule is CC(C)OCCNCc1ccc(F)cc1Cl. The van der Waals surface area contributed by atoms with Gasteiger partial charge in [0.2, 0.25) is 0 Å². The van der Waals surface area contributed by atoms with Gasteiger partial charge >= 0.3 is 0 Å². The predicted octanol–water partition coefficient (Wildman–Crippen LogP) is 2.99. The van der Waals surface area contributed by atoms with E-state index >= 15 is 0 Å². The average Bonchev–Trinajstić information content (AvgIpc) is 2.20. The van der Waals surface area contributed by atoms with Crippen molar-refractivity contribution in [3.8, 4) is 0 Å². The summed E-state index contributed by atoms with van der Waals surface area (Å²) in [7, 11) is 0. The van der Waals surface area contributed by atoms with Crippen molar-refractivity contribution in [1.82, 2.24) is 5.32 Å². The third kappa shape index (κ3) is 4.92. The monoisotopic (exact) mass is 245 g/mol. The highest BCUT2D eigenvalue weighted by Gasteiger charge is 2.01. The van der Waals surface area contributed by atoms with E-state index in [4.69, 9.17) is 16.3 Å². The highest BCUT2D eigenvalue weighted by atomic mass is 35.5. The second kappa shape index (κ2) is 6.84. The van der Waals surface area contributed by atoms with E-state index in [2.05, 4.69) is 5.32 Å². The molecule has 1 aromatic carbocycles. The second-order valence-corrected chi connectivity index (χ2v) is 4.24. The summed E-state index contributed by atoms with van der Waals surface area (Å²) < 4.78 is 18.1. The summed E-state index contributed by atoms with van der Waals surface area (Å²) in [4.78, 5) is 0. The topological polar surface area (TPSA) is 21.3 Å². The zero-order chi connectivity index (χ0) is 12.0. The Kier molecular flexibility index (Phi) is 5.74. The van der Waals surface area contributed by atoms with Crippen LogP contribution in [0, 0.1) is 5.82 Å². The van der Waals surface area contributed by atoms with E-state index in [-0.39, 0.29) is 11.9 Å². The van der Waals surface area contributed by atoms with Crippen LogP contribution in [0.2, 0.25) is 5.02 Å². The Hall–Kier alpha value is -0.640. The standard InChI is InChI=1S/C12H17ClFNO/c1-9(2)16-6-5-15-8-10-3-4-11(14)7-12(10)13/h3-4,7,9,15H,5-6,8H2,1-2H3. The Morgan fingerprint density at radius 3 is 2.81 bits per heavy atom. The van der Waals surface area contributed by atoms with E-state index in [1.54, 1.807) is 6.07 Å². The van der Waals surface area contributed by atoms with Gasteiger partial charge in [0, 0.05) is 18.1 Å². The minimum absolute atomic E-state index is 0.246. The van der Waals surface area contributed by atoms with Crippen molar-refractivity contribution >= 4 is 11.6 Å². The van der Waals surface area contributed by atoms with Crippen LogP contribution in [0.1, 0.15) is 19.4 Å². The number of hydrogen-bond donors (Lipinski definition) is 1. The lowest BCUT2D eigenvalue weighted by Crippen LogP contribution is -2.21. The van der Waals surface area contributed by atoms with E-state index in [0.717, 1.165) is 12.1 Å². The quantitative estimate of drug-likeness (QED) is 0.778. The van der Waals surface area contributed by atoms with Gasteiger partial charge in [-0.3, -0.25) is 0 Å². The van der Waals surface area contributed by atoms with Gasteiger partial charge in [-0.2, -0.15) is 0 Å². The van der Waals surface area contributed by atoms with Crippen molar-refractivity contribution in [3.63, 3.8) is 0 Å². The fourth-order valence-corrected chi connectivity index (χ4v) is 1.49. The van der Waals surface area contributed by atoms with Gasteiger partial charge in [-0.1, -0.05) is 17.7 Å². The van der Waals surface area contributed by atoms with Gasteiger partial charge in [0.15, 0.2) is 0 Å². The minimum Gasteiger partial charge on any atom is -0.377 e. The highest BCUT2D eigenvalue weighted by Crippen LogP contribution is 2.16. The molecule has 90 valence electrons. The number of ether oxygens (including phenoxy) is 1. The largest absolute Gasteiger partial charge is 0.377 e. The zero-order valence-electron chi connectivity index (χ0n) is 9.59. The van der Waals surface area contributed by atoms with E-state index in [1.165, 1.54) is 12.1 Å². The molecular formula is C12H17ClFNO. The lowest BCUT2D eigenvalue weighted by Gasteiger charge is -2.09. The Morgan fingerprint density at radius 2 is 2.19 bits per heavy atom. The summed E-state index contributed by atoms with van der Waals surface area (Å²) >= 11 is 5.88. The van der Waals surface area contributed by atoms with Crippen molar-refractivity contribution in [2.45, 2.75) is 26.5 Å². The van der Waals surface area contributed by atoms with E-state index in [0.29, 0.717) is 18.2 Å². The van der Waals surface area contributed by atoms with Crippen LogP contribution < -0.4 is 5.32 Å². The molecule has 0 unspecified atom stereocenters. The summed E-state index contributed by atoms with van der Waals surface area (Å²) in [5.74, 6) is -0.308. The molecule has 0 radical (unpaired) electrons. The Balaban J connectivity index is 2.27. The van der Waals surface area contributed by atoms with E-state index < -0.39 is 0 Å². The maximum Gasteiger partial charge on any atom is 0.124 e. The molecule has 16 heavy (non-hydrogen) atoms. The molecule has 0 heterocycles. The molecule has 0 bridgehead atoms.